The molecule has 166 valence electrons. The molecule has 1 aliphatic carbocycles. The molecule has 0 radical (unpaired) electrons. The van der Waals surface area contributed by atoms with Crippen LogP contribution in [0.5, 0.6) is 0 Å². The molecule has 4 fully saturated rings. The number of nitrogens with zero attached hydrogens (tertiary/aromatic N) is 3. The number of nitrogens with one attached hydrogen (secondary N) is 1. The van der Waals surface area contributed by atoms with Gasteiger partial charge in [-0.05, 0) is 56.6 Å². The van der Waals surface area contributed by atoms with Gasteiger partial charge in [0, 0.05) is 24.8 Å². The Balaban J connectivity index is 1.63. The second-order valence-electron chi connectivity index (χ2n) is 9.11. The molecule has 1 aromatic heterocycles. The summed E-state index contributed by atoms with van der Waals surface area (Å²) in [6.07, 6.45) is 2.99. The maximum atomic E-state index is 12.9. The number of fused-ring (bicyclic) bond motifs is 3. The molecule has 0 spiro atoms. The van der Waals surface area contributed by atoms with Crippen LogP contribution in [0.3, 0.4) is 0 Å². The smallest absolute Gasteiger partial charge is 0.352 e. The van der Waals surface area contributed by atoms with Gasteiger partial charge < -0.3 is 31.1 Å². The Hall–Kier alpha value is -1.56. The van der Waals surface area contributed by atoms with Gasteiger partial charge >= 0.3 is 5.69 Å². The quantitative estimate of drug-likeness (QED) is 0.389. The zero-order valence-electron chi connectivity index (χ0n) is 16.9. The molecule has 0 amide bonds. The SMILES string of the molecule is Nc1ccn([C@]2(N3CCC4CCC5NCCCC5C43)O[C@H](CO)[C@@H](O)[C@H]2O)c(=O)n1. The molecule has 4 heterocycles. The van der Waals surface area contributed by atoms with Gasteiger partial charge in [-0.3, -0.25) is 9.47 Å². The number of ether oxygens (including phenoxy) is 1. The lowest BCUT2D eigenvalue weighted by atomic mass is 9.71. The average Bonchev–Trinajstić information content (AvgIpc) is 3.29. The first-order chi connectivity index (χ1) is 14.5. The van der Waals surface area contributed by atoms with E-state index in [2.05, 4.69) is 15.2 Å². The minimum absolute atomic E-state index is 0.0756. The van der Waals surface area contributed by atoms with Gasteiger partial charge in [0.25, 0.3) is 0 Å². The topological polar surface area (TPSA) is 146 Å². The monoisotopic (exact) mass is 421 g/mol. The van der Waals surface area contributed by atoms with Crippen molar-refractivity contribution >= 4 is 5.82 Å². The second kappa shape index (κ2) is 7.54. The van der Waals surface area contributed by atoms with Gasteiger partial charge in [-0.1, -0.05) is 0 Å². The highest BCUT2D eigenvalue weighted by atomic mass is 16.6. The number of aromatic nitrogens is 2. The predicted molar refractivity (Wildman–Crippen MR) is 107 cm³/mol. The van der Waals surface area contributed by atoms with Crippen LogP contribution < -0.4 is 16.7 Å². The van der Waals surface area contributed by atoms with Crippen molar-refractivity contribution in [2.24, 2.45) is 11.8 Å². The van der Waals surface area contributed by atoms with Crippen molar-refractivity contribution in [1.82, 2.24) is 19.8 Å². The lowest BCUT2D eigenvalue weighted by molar-refractivity contribution is -0.259. The minimum atomic E-state index is -1.64. The Morgan fingerprint density at radius 3 is 2.87 bits per heavy atom. The van der Waals surface area contributed by atoms with Crippen LogP contribution >= 0.6 is 0 Å². The number of rotatable bonds is 3. The molecule has 3 aliphatic heterocycles. The number of nitrogen functional groups attached to an aromatic ring is 1. The van der Waals surface area contributed by atoms with E-state index in [1.54, 1.807) is 0 Å². The molecule has 4 aliphatic rings. The van der Waals surface area contributed by atoms with Crippen LogP contribution in [0.2, 0.25) is 0 Å². The van der Waals surface area contributed by atoms with Crippen LogP contribution in [-0.2, 0) is 10.6 Å². The van der Waals surface area contributed by atoms with Crippen LogP contribution in [0.1, 0.15) is 32.1 Å². The van der Waals surface area contributed by atoms with Crippen molar-refractivity contribution in [1.29, 1.82) is 0 Å². The van der Waals surface area contributed by atoms with Gasteiger partial charge in [-0.15, -0.1) is 0 Å². The largest absolute Gasteiger partial charge is 0.394 e. The van der Waals surface area contributed by atoms with Gasteiger partial charge in [0.05, 0.1) is 6.61 Å². The summed E-state index contributed by atoms with van der Waals surface area (Å²) in [6.45, 7) is 1.17. The maximum Gasteiger partial charge on any atom is 0.352 e. The summed E-state index contributed by atoms with van der Waals surface area (Å²) in [5, 5.41) is 35.3. The zero-order valence-corrected chi connectivity index (χ0v) is 16.9. The van der Waals surface area contributed by atoms with E-state index in [1.165, 1.54) is 16.8 Å². The molecule has 3 saturated heterocycles. The number of aliphatic hydroxyl groups excluding tert-OH is 3. The fourth-order valence-corrected chi connectivity index (χ4v) is 6.41. The molecule has 30 heavy (non-hydrogen) atoms. The van der Waals surface area contributed by atoms with Crippen molar-refractivity contribution in [3.05, 3.63) is 22.7 Å². The van der Waals surface area contributed by atoms with E-state index in [4.69, 9.17) is 10.5 Å². The van der Waals surface area contributed by atoms with Crippen LogP contribution in [0.4, 0.5) is 5.82 Å². The number of nitrogens with two attached hydrogens (primary N) is 1. The fraction of sp³-hybridized carbons (Fsp3) is 0.800. The summed E-state index contributed by atoms with van der Waals surface area (Å²) >= 11 is 0. The Labute approximate surface area is 174 Å². The lowest BCUT2D eigenvalue weighted by Gasteiger charge is -2.51. The Morgan fingerprint density at radius 1 is 1.30 bits per heavy atom. The lowest BCUT2D eigenvalue weighted by Crippen LogP contribution is -2.66. The number of hydrogen-bond donors (Lipinski definition) is 5. The number of aliphatic hydroxyl groups is 3. The first-order valence-corrected chi connectivity index (χ1v) is 11.0. The number of likely N-dealkylation sites (tertiary alicyclic amines) is 1. The first-order valence-electron chi connectivity index (χ1n) is 11.0. The molecule has 1 saturated carbocycles. The normalized spacial score (nSPS) is 44.0. The summed E-state index contributed by atoms with van der Waals surface area (Å²) in [5.41, 5.74) is 5.04. The van der Waals surface area contributed by atoms with Crippen molar-refractivity contribution in [2.75, 3.05) is 25.4 Å². The number of anilines is 1. The molecule has 5 rings (SSSR count). The molecule has 0 aromatic carbocycles. The van der Waals surface area contributed by atoms with E-state index in [-0.39, 0.29) is 11.9 Å². The van der Waals surface area contributed by atoms with Crippen molar-refractivity contribution < 1.29 is 20.1 Å². The van der Waals surface area contributed by atoms with Crippen molar-refractivity contribution in [3.63, 3.8) is 0 Å². The minimum Gasteiger partial charge on any atom is -0.394 e. The molecule has 10 nitrogen and oxygen atoms in total. The highest BCUT2D eigenvalue weighted by Gasteiger charge is 2.64. The number of piperidine rings is 1. The standard InChI is InChI=1S/C20H31N5O5/c21-15-6-9-25(19(29)23-15)20(18(28)17(27)14(10-26)30-20)24-8-5-11-3-4-13-12(16(11)24)2-1-7-22-13/h6,9,11-14,16-18,22,26-28H,1-5,7-8,10H2,(H2,21,23,29)/t11?,12?,13?,14-,16?,17-,18-,20+/m1/s1. The average molecular weight is 421 g/mol. The third-order valence-electron chi connectivity index (χ3n) is 7.68. The van der Waals surface area contributed by atoms with Gasteiger partial charge in [0.2, 0.25) is 5.85 Å². The van der Waals surface area contributed by atoms with E-state index in [0.717, 1.165) is 38.6 Å². The van der Waals surface area contributed by atoms with E-state index in [1.807, 2.05) is 0 Å². The molecule has 1 aromatic rings. The first kappa shape index (κ1) is 20.3. The second-order valence-corrected chi connectivity index (χ2v) is 9.11. The molecule has 0 bridgehead atoms. The summed E-state index contributed by atoms with van der Waals surface area (Å²) < 4.78 is 7.43. The van der Waals surface area contributed by atoms with Crippen LogP contribution in [0.15, 0.2) is 17.1 Å². The highest BCUT2D eigenvalue weighted by Crippen LogP contribution is 2.50. The fourth-order valence-electron chi connectivity index (χ4n) is 6.41. The third-order valence-corrected chi connectivity index (χ3v) is 7.68. The van der Waals surface area contributed by atoms with Crippen LogP contribution in [0, 0.1) is 11.8 Å². The van der Waals surface area contributed by atoms with Gasteiger partial charge in [0.1, 0.15) is 24.1 Å². The maximum absolute atomic E-state index is 12.9. The summed E-state index contributed by atoms with van der Waals surface area (Å²) in [6, 6.07) is 1.98. The van der Waals surface area contributed by atoms with Crippen LogP contribution in [-0.4, -0.2) is 79.9 Å². The van der Waals surface area contributed by atoms with Gasteiger partial charge in [-0.25, -0.2) is 4.79 Å². The van der Waals surface area contributed by atoms with E-state index < -0.39 is 36.5 Å². The molecular formula is C20H31N5O5. The molecule has 6 N–H and O–H groups in total. The van der Waals surface area contributed by atoms with E-state index in [0.29, 0.717) is 24.4 Å². The molecule has 10 heteroatoms. The Kier molecular flexibility index (Phi) is 5.11. The van der Waals surface area contributed by atoms with Crippen molar-refractivity contribution in [2.45, 2.75) is 68.3 Å². The zero-order chi connectivity index (χ0) is 21.0. The van der Waals surface area contributed by atoms with E-state index >= 15 is 0 Å². The van der Waals surface area contributed by atoms with E-state index in [9.17, 15) is 20.1 Å². The molecular weight excluding hydrogens is 390 g/mol. The van der Waals surface area contributed by atoms with Gasteiger partial charge in [0.15, 0.2) is 0 Å². The van der Waals surface area contributed by atoms with Gasteiger partial charge in [-0.2, -0.15) is 4.98 Å². The summed E-state index contributed by atoms with van der Waals surface area (Å²) in [5.74, 6) is -0.757. The van der Waals surface area contributed by atoms with Crippen molar-refractivity contribution in [3.8, 4) is 0 Å². The Morgan fingerprint density at radius 2 is 2.13 bits per heavy atom. The molecule has 8 atom stereocenters. The molecule has 4 unspecified atom stereocenters. The van der Waals surface area contributed by atoms with Crippen LogP contribution in [0.25, 0.3) is 0 Å². The number of hydrogen-bond acceptors (Lipinski definition) is 9. The highest BCUT2D eigenvalue weighted by molar-refractivity contribution is 5.24. The summed E-state index contributed by atoms with van der Waals surface area (Å²) in [7, 11) is 0. The Bertz CT molecular complexity index is 851. The summed E-state index contributed by atoms with van der Waals surface area (Å²) in [4.78, 5) is 18.8. The third kappa shape index (κ3) is 2.85. The predicted octanol–water partition coefficient (Wildman–Crippen LogP) is -1.60.